The summed E-state index contributed by atoms with van der Waals surface area (Å²) >= 11 is 6.09. The lowest BCUT2D eigenvalue weighted by Gasteiger charge is -2.22. The molecule has 1 saturated heterocycles. The summed E-state index contributed by atoms with van der Waals surface area (Å²) < 4.78 is 7.30. The second-order valence-electron chi connectivity index (χ2n) is 4.48. The zero-order valence-corrected chi connectivity index (χ0v) is 11.0. The lowest BCUT2D eigenvalue weighted by molar-refractivity contribution is 0.0662. The molecule has 2 N–H and O–H groups in total. The van der Waals surface area contributed by atoms with Crippen LogP contribution in [0.5, 0.6) is 0 Å². The lowest BCUT2D eigenvalue weighted by Crippen LogP contribution is -2.19. The van der Waals surface area contributed by atoms with E-state index in [1.165, 1.54) is 6.20 Å². The van der Waals surface area contributed by atoms with Crippen molar-refractivity contribution in [2.75, 3.05) is 18.9 Å². The Hall–Kier alpha value is -1.66. The zero-order chi connectivity index (χ0) is 13.2. The summed E-state index contributed by atoms with van der Waals surface area (Å²) in [6.45, 7) is 1.56. The van der Waals surface area contributed by atoms with Crippen LogP contribution in [0.15, 0.2) is 18.6 Å². The highest BCUT2D eigenvalue weighted by molar-refractivity contribution is 6.32. The predicted molar refractivity (Wildman–Crippen MR) is 71.8 cm³/mol. The maximum absolute atomic E-state index is 6.09. The van der Waals surface area contributed by atoms with Crippen LogP contribution in [-0.2, 0) is 4.74 Å². The van der Waals surface area contributed by atoms with Gasteiger partial charge in [0.2, 0.25) is 5.95 Å². The minimum Gasteiger partial charge on any atom is -0.381 e. The van der Waals surface area contributed by atoms with Gasteiger partial charge in [0.25, 0.3) is 0 Å². The maximum atomic E-state index is 6.09. The van der Waals surface area contributed by atoms with Crippen LogP contribution in [0, 0.1) is 0 Å². The standard InChI is InChI=1S/C12H14ClN5O/c13-10-6-15-12(14)17-11(10)8-5-16-18(7-8)9-1-3-19-4-2-9/h5-7,9H,1-4H2,(H2,14,15,17). The first-order valence-corrected chi connectivity index (χ1v) is 6.52. The lowest BCUT2D eigenvalue weighted by atomic mass is 10.1. The normalized spacial score (nSPS) is 16.7. The van der Waals surface area contributed by atoms with Crippen molar-refractivity contribution in [1.29, 1.82) is 0 Å². The summed E-state index contributed by atoms with van der Waals surface area (Å²) in [5.74, 6) is 0.207. The molecule has 0 amide bonds. The molecule has 0 atom stereocenters. The highest BCUT2D eigenvalue weighted by Gasteiger charge is 2.17. The SMILES string of the molecule is Nc1ncc(Cl)c(-c2cnn(C3CCOCC3)c2)n1. The van der Waals surface area contributed by atoms with Gasteiger partial charge >= 0.3 is 0 Å². The molecule has 2 aromatic rings. The van der Waals surface area contributed by atoms with Gasteiger partial charge in [-0.15, -0.1) is 0 Å². The first-order chi connectivity index (χ1) is 9.24. The minimum absolute atomic E-state index is 0.207. The van der Waals surface area contributed by atoms with E-state index in [0.717, 1.165) is 31.6 Å². The van der Waals surface area contributed by atoms with Crippen molar-refractivity contribution in [2.24, 2.45) is 0 Å². The van der Waals surface area contributed by atoms with E-state index in [2.05, 4.69) is 15.1 Å². The Morgan fingerprint density at radius 1 is 1.32 bits per heavy atom. The number of halogens is 1. The Labute approximate surface area is 115 Å². The third-order valence-electron chi connectivity index (χ3n) is 3.20. The molecule has 6 nitrogen and oxygen atoms in total. The number of hydrogen-bond acceptors (Lipinski definition) is 5. The van der Waals surface area contributed by atoms with Crippen LogP contribution in [0.2, 0.25) is 5.02 Å². The second-order valence-corrected chi connectivity index (χ2v) is 4.88. The molecule has 0 saturated carbocycles. The van der Waals surface area contributed by atoms with Crippen LogP contribution >= 0.6 is 11.6 Å². The van der Waals surface area contributed by atoms with Crippen LogP contribution in [-0.4, -0.2) is 33.0 Å². The van der Waals surface area contributed by atoms with Crippen molar-refractivity contribution < 1.29 is 4.74 Å². The van der Waals surface area contributed by atoms with Gasteiger partial charge in [-0.1, -0.05) is 11.6 Å². The van der Waals surface area contributed by atoms with E-state index in [-0.39, 0.29) is 5.95 Å². The number of anilines is 1. The predicted octanol–water partition coefficient (Wildman–Crippen LogP) is 1.93. The highest BCUT2D eigenvalue weighted by Crippen LogP contribution is 2.27. The van der Waals surface area contributed by atoms with Crippen LogP contribution < -0.4 is 5.73 Å². The molecule has 7 heteroatoms. The molecule has 2 aromatic heterocycles. The number of nitrogens with two attached hydrogens (primary N) is 1. The Kier molecular flexibility index (Phi) is 3.35. The number of aromatic nitrogens is 4. The van der Waals surface area contributed by atoms with Gasteiger partial charge in [0.15, 0.2) is 0 Å². The summed E-state index contributed by atoms with van der Waals surface area (Å²) in [7, 11) is 0. The molecule has 0 spiro atoms. The Morgan fingerprint density at radius 2 is 2.11 bits per heavy atom. The number of hydrogen-bond donors (Lipinski definition) is 1. The molecule has 0 bridgehead atoms. The van der Waals surface area contributed by atoms with Crippen molar-refractivity contribution in [3.05, 3.63) is 23.6 Å². The quantitative estimate of drug-likeness (QED) is 0.909. The number of nitrogen functional groups attached to an aromatic ring is 1. The van der Waals surface area contributed by atoms with E-state index in [1.807, 2.05) is 10.9 Å². The third kappa shape index (κ3) is 2.54. The minimum atomic E-state index is 0.207. The summed E-state index contributed by atoms with van der Waals surface area (Å²) in [4.78, 5) is 8.01. The first kappa shape index (κ1) is 12.4. The Bertz CT molecular complexity index is 579. The molecule has 0 radical (unpaired) electrons. The fraction of sp³-hybridized carbons (Fsp3) is 0.417. The molecule has 3 heterocycles. The van der Waals surface area contributed by atoms with Crippen LogP contribution in [0.25, 0.3) is 11.3 Å². The van der Waals surface area contributed by atoms with E-state index in [0.29, 0.717) is 16.8 Å². The van der Waals surface area contributed by atoms with E-state index >= 15 is 0 Å². The summed E-state index contributed by atoms with van der Waals surface area (Å²) in [6.07, 6.45) is 7.15. The number of rotatable bonds is 2. The molecule has 0 unspecified atom stereocenters. The molecule has 0 aromatic carbocycles. The van der Waals surface area contributed by atoms with E-state index in [9.17, 15) is 0 Å². The average molecular weight is 280 g/mol. The summed E-state index contributed by atoms with van der Waals surface area (Å²) in [5, 5.41) is 4.86. The van der Waals surface area contributed by atoms with Gasteiger partial charge in [-0.3, -0.25) is 4.68 Å². The molecule has 100 valence electrons. The molecular formula is C12H14ClN5O. The number of nitrogens with zero attached hydrogens (tertiary/aromatic N) is 4. The van der Waals surface area contributed by atoms with E-state index in [4.69, 9.17) is 22.1 Å². The van der Waals surface area contributed by atoms with Gasteiger partial charge in [0, 0.05) is 25.0 Å². The molecule has 0 aliphatic carbocycles. The largest absolute Gasteiger partial charge is 0.381 e. The molecular weight excluding hydrogens is 266 g/mol. The average Bonchev–Trinajstić information content (AvgIpc) is 2.92. The maximum Gasteiger partial charge on any atom is 0.220 e. The molecule has 1 fully saturated rings. The molecule has 19 heavy (non-hydrogen) atoms. The third-order valence-corrected chi connectivity index (χ3v) is 3.48. The summed E-state index contributed by atoms with van der Waals surface area (Å²) in [5.41, 5.74) is 7.06. The highest BCUT2D eigenvalue weighted by atomic mass is 35.5. The topological polar surface area (TPSA) is 78.8 Å². The monoisotopic (exact) mass is 279 g/mol. The smallest absolute Gasteiger partial charge is 0.220 e. The first-order valence-electron chi connectivity index (χ1n) is 6.14. The Balaban J connectivity index is 1.89. The van der Waals surface area contributed by atoms with Gasteiger partial charge in [0.05, 0.1) is 29.2 Å². The molecule has 1 aliphatic heterocycles. The van der Waals surface area contributed by atoms with Crippen LogP contribution in [0.4, 0.5) is 5.95 Å². The molecule has 3 rings (SSSR count). The molecule has 1 aliphatic rings. The van der Waals surface area contributed by atoms with Crippen molar-refractivity contribution in [1.82, 2.24) is 19.7 Å². The fourth-order valence-electron chi connectivity index (χ4n) is 2.19. The van der Waals surface area contributed by atoms with Crippen molar-refractivity contribution in [3.8, 4) is 11.3 Å². The van der Waals surface area contributed by atoms with E-state index < -0.39 is 0 Å². The van der Waals surface area contributed by atoms with Gasteiger partial charge in [-0.25, -0.2) is 9.97 Å². The second kappa shape index (κ2) is 5.14. The van der Waals surface area contributed by atoms with Crippen LogP contribution in [0.3, 0.4) is 0 Å². The fourth-order valence-corrected chi connectivity index (χ4v) is 2.39. The van der Waals surface area contributed by atoms with E-state index in [1.54, 1.807) is 6.20 Å². The van der Waals surface area contributed by atoms with Crippen molar-refractivity contribution in [2.45, 2.75) is 18.9 Å². The van der Waals surface area contributed by atoms with Crippen molar-refractivity contribution in [3.63, 3.8) is 0 Å². The zero-order valence-electron chi connectivity index (χ0n) is 10.3. The van der Waals surface area contributed by atoms with Crippen molar-refractivity contribution >= 4 is 17.5 Å². The summed E-state index contributed by atoms with van der Waals surface area (Å²) in [6, 6.07) is 0.375. The number of ether oxygens (including phenoxy) is 1. The van der Waals surface area contributed by atoms with Crippen LogP contribution in [0.1, 0.15) is 18.9 Å². The van der Waals surface area contributed by atoms with Gasteiger partial charge in [-0.2, -0.15) is 5.10 Å². The van der Waals surface area contributed by atoms with Gasteiger partial charge in [0.1, 0.15) is 0 Å². The van der Waals surface area contributed by atoms with Gasteiger partial charge < -0.3 is 10.5 Å². The Morgan fingerprint density at radius 3 is 2.89 bits per heavy atom. The van der Waals surface area contributed by atoms with Gasteiger partial charge in [-0.05, 0) is 12.8 Å².